The van der Waals surface area contributed by atoms with Crippen LogP contribution in [0.4, 0.5) is 22.4 Å². The summed E-state index contributed by atoms with van der Waals surface area (Å²) in [4.78, 5) is 20.5. The van der Waals surface area contributed by atoms with Crippen molar-refractivity contribution in [1.29, 1.82) is 0 Å². The monoisotopic (exact) mass is 441 g/mol. The lowest BCUT2D eigenvalue weighted by Gasteiger charge is -2.34. The van der Waals surface area contributed by atoms with E-state index in [1.165, 1.54) is 6.33 Å². The molecule has 3 heterocycles. The van der Waals surface area contributed by atoms with Crippen LogP contribution in [0.15, 0.2) is 24.5 Å². The maximum absolute atomic E-state index is 14.0. The summed E-state index contributed by atoms with van der Waals surface area (Å²) >= 11 is 0. The summed E-state index contributed by atoms with van der Waals surface area (Å²) < 4.78 is 57.6. The Balaban J connectivity index is 1.23. The van der Waals surface area contributed by atoms with Crippen molar-refractivity contribution in [3.63, 3.8) is 0 Å². The number of ether oxygens (including phenoxy) is 1. The average Bonchev–Trinajstić information content (AvgIpc) is 3.44. The molecule has 2 aromatic rings. The lowest BCUT2D eigenvalue weighted by molar-refractivity contribution is -0.137. The molecule has 1 aromatic carbocycles. The van der Waals surface area contributed by atoms with E-state index < -0.39 is 17.6 Å². The number of carbonyl (C=O) groups excluding carboxylic acids is 1. The molecule has 2 amide bonds. The Morgan fingerprint density at radius 2 is 1.90 bits per heavy atom. The molecule has 1 atom stereocenters. The zero-order valence-corrected chi connectivity index (χ0v) is 16.7. The molecule has 168 valence electrons. The number of piperidine rings is 1. The lowest BCUT2D eigenvalue weighted by atomic mass is 10.1. The number of H-pyrrole nitrogens is 1. The van der Waals surface area contributed by atoms with Crippen molar-refractivity contribution in [2.24, 2.45) is 0 Å². The SMILES string of the molecule is O=C(N1CCC(OCc2ccc(C(F)(F)F)cc2F)CC1)N1CC[C@H](c2ncn[nH]2)C1. The summed E-state index contributed by atoms with van der Waals surface area (Å²) in [5.41, 5.74) is -0.935. The number of hydrogen-bond donors (Lipinski definition) is 1. The molecular weight excluding hydrogens is 418 g/mol. The third kappa shape index (κ3) is 4.97. The normalized spacial score (nSPS) is 20.5. The van der Waals surface area contributed by atoms with Gasteiger partial charge in [0.15, 0.2) is 0 Å². The standard InChI is InChI=1S/C20H23F4N5O2/c21-17-9-15(20(22,23)24)2-1-14(17)11-31-16-4-7-28(8-5-16)19(30)29-6-3-13(10-29)18-25-12-26-27-18/h1-2,9,12-13,16H,3-8,10-11H2,(H,25,26,27)/t13-/m0/s1. The summed E-state index contributed by atoms with van der Waals surface area (Å²) in [5, 5.41) is 6.71. The Labute approximate surface area is 176 Å². The second kappa shape index (κ2) is 8.81. The summed E-state index contributed by atoms with van der Waals surface area (Å²) in [6.45, 7) is 2.18. The van der Waals surface area contributed by atoms with Crippen molar-refractivity contribution >= 4 is 6.03 Å². The van der Waals surface area contributed by atoms with Crippen molar-refractivity contribution in [1.82, 2.24) is 25.0 Å². The minimum atomic E-state index is -4.58. The molecule has 2 fully saturated rings. The Morgan fingerprint density at radius 3 is 2.55 bits per heavy atom. The van der Waals surface area contributed by atoms with Gasteiger partial charge in [-0.1, -0.05) is 6.07 Å². The minimum Gasteiger partial charge on any atom is -0.373 e. The Bertz CT molecular complexity index is 897. The van der Waals surface area contributed by atoms with Gasteiger partial charge in [0.2, 0.25) is 0 Å². The zero-order chi connectivity index (χ0) is 22.0. The number of nitrogens with one attached hydrogen (secondary N) is 1. The van der Waals surface area contributed by atoms with Crippen LogP contribution in [0.5, 0.6) is 0 Å². The number of likely N-dealkylation sites (tertiary alicyclic amines) is 2. The molecular formula is C20H23F4N5O2. The molecule has 11 heteroatoms. The maximum atomic E-state index is 14.0. The van der Waals surface area contributed by atoms with Crippen LogP contribution in [0, 0.1) is 5.82 Å². The van der Waals surface area contributed by atoms with Crippen LogP contribution >= 0.6 is 0 Å². The van der Waals surface area contributed by atoms with Gasteiger partial charge < -0.3 is 14.5 Å². The number of rotatable bonds is 4. The number of benzene rings is 1. The summed E-state index contributed by atoms with van der Waals surface area (Å²) in [5.74, 6) is 0.0154. The van der Waals surface area contributed by atoms with E-state index in [4.69, 9.17) is 4.74 Å². The van der Waals surface area contributed by atoms with Crippen LogP contribution in [-0.4, -0.2) is 63.3 Å². The number of halogens is 4. The highest BCUT2D eigenvalue weighted by Gasteiger charge is 2.34. The van der Waals surface area contributed by atoms with Crippen LogP contribution < -0.4 is 0 Å². The first-order chi connectivity index (χ1) is 14.8. The third-order valence-electron chi connectivity index (χ3n) is 5.85. The second-order valence-electron chi connectivity index (χ2n) is 7.89. The van der Waals surface area contributed by atoms with Crippen molar-refractivity contribution in [2.45, 2.75) is 44.1 Å². The number of amides is 2. The molecule has 4 rings (SSSR count). The first-order valence-corrected chi connectivity index (χ1v) is 10.2. The van der Waals surface area contributed by atoms with Gasteiger partial charge in [-0.15, -0.1) is 0 Å². The number of alkyl halides is 3. The molecule has 0 unspecified atom stereocenters. The molecule has 1 N–H and O–H groups in total. The van der Waals surface area contributed by atoms with Crippen LogP contribution in [0.3, 0.4) is 0 Å². The van der Waals surface area contributed by atoms with Crippen molar-refractivity contribution < 1.29 is 27.1 Å². The van der Waals surface area contributed by atoms with E-state index in [9.17, 15) is 22.4 Å². The van der Waals surface area contributed by atoms with E-state index in [1.807, 2.05) is 4.90 Å². The second-order valence-corrected chi connectivity index (χ2v) is 7.89. The lowest BCUT2D eigenvalue weighted by Crippen LogP contribution is -2.47. The van der Waals surface area contributed by atoms with E-state index in [-0.39, 0.29) is 30.2 Å². The molecule has 31 heavy (non-hydrogen) atoms. The number of hydrogen-bond acceptors (Lipinski definition) is 4. The van der Waals surface area contributed by atoms with Gasteiger partial charge in [0.25, 0.3) is 0 Å². The van der Waals surface area contributed by atoms with Gasteiger partial charge in [-0.2, -0.15) is 18.3 Å². The first kappa shape index (κ1) is 21.5. The van der Waals surface area contributed by atoms with Gasteiger partial charge in [0.05, 0.1) is 18.3 Å². The van der Waals surface area contributed by atoms with Crippen molar-refractivity contribution in [3.05, 3.63) is 47.3 Å². The maximum Gasteiger partial charge on any atom is 0.416 e. The zero-order valence-electron chi connectivity index (χ0n) is 16.7. The number of aromatic nitrogens is 3. The number of urea groups is 1. The van der Waals surface area contributed by atoms with Gasteiger partial charge in [-0.3, -0.25) is 5.10 Å². The van der Waals surface area contributed by atoms with E-state index in [2.05, 4.69) is 15.2 Å². The molecule has 2 aliphatic heterocycles. The van der Waals surface area contributed by atoms with Gasteiger partial charge >= 0.3 is 12.2 Å². The fourth-order valence-electron chi connectivity index (χ4n) is 4.03. The Morgan fingerprint density at radius 1 is 1.16 bits per heavy atom. The van der Waals surface area contributed by atoms with E-state index >= 15 is 0 Å². The molecule has 0 spiro atoms. The topological polar surface area (TPSA) is 74.3 Å². The van der Waals surface area contributed by atoms with Crippen molar-refractivity contribution in [3.8, 4) is 0 Å². The molecule has 0 bridgehead atoms. The predicted octanol–water partition coefficient (Wildman–Crippen LogP) is 3.55. The highest BCUT2D eigenvalue weighted by Crippen LogP contribution is 2.31. The molecule has 2 aliphatic rings. The van der Waals surface area contributed by atoms with E-state index in [1.54, 1.807) is 4.90 Å². The molecule has 0 radical (unpaired) electrons. The average molecular weight is 441 g/mol. The third-order valence-corrected chi connectivity index (χ3v) is 5.85. The highest BCUT2D eigenvalue weighted by atomic mass is 19.4. The van der Waals surface area contributed by atoms with E-state index in [0.717, 1.165) is 24.4 Å². The summed E-state index contributed by atoms with van der Waals surface area (Å²) in [6, 6.07) is 2.43. The van der Waals surface area contributed by atoms with Gasteiger partial charge in [0.1, 0.15) is 18.0 Å². The fourth-order valence-corrected chi connectivity index (χ4v) is 4.03. The number of carbonyl (C=O) groups is 1. The number of aromatic amines is 1. The largest absolute Gasteiger partial charge is 0.416 e. The molecule has 1 aromatic heterocycles. The molecule has 0 aliphatic carbocycles. The first-order valence-electron chi connectivity index (χ1n) is 10.2. The predicted molar refractivity (Wildman–Crippen MR) is 101 cm³/mol. The summed E-state index contributed by atoms with van der Waals surface area (Å²) in [7, 11) is 0. The van der Waals surface area contributed by atoms with Crippen LogP contribution in [0.2, 0.25) is 0 Å². The molecule has 0 saturated carbocycles. The van der Waals surface area contributed by atoms with Gasteiger partial charge in [-0.05, 0) is 31.4 Å². The van der Waals surface area contributed by atoms with E-state index in [0.29, 0.717) is 45.1 Å². The fraction of sp³-hybridized carbons (Fsp3) is 0.550. The molecule has 2 saturated heterocycles. The quantitative estimate of drug-likeness (QED) is 0.737. The van der Waals surface area contributed by atoms with Crippen LogP contribution in [0.1, 0.15) is 42.1 Å². The minimum absolute atomic E-state index is 0.0192. The van der Waals surface area contributed by atoms with Crippen LogP contribution in [-0.2, 0) is 17.5 Å². The molecule has 7 nitrogen and oxygen atoms in total. The van der Waals surface area contributed by atoms with Gasteiger partial charge in [0, 0.05) is 37.7 Å². The Hall–Kier alpha value is -2.69. The Kier molecular flexibility index (Phi) is 6.12. The van der Waals surface area contributed by atoms with Gasteiger partial charge in [-0.25, -0.2) is 14.2 Å². The number of nitrogens with zero attached hydrogens (tertiary/aromatic N) is 4. The summed E-state index contributed by atoms with van der Waals surface area (Å²) in [6.07, 6.45) is -1.28. The smallest absolute Gasteiger partial charge is 0.373 e. The van der Waals surface area contributed by atoms with Crippen LogP contribution in [0.25, 0.3) is 0 Å². The van der Waals surface area contributed by atoms with Crippen molar-refractivity contribution in [2.75, 3.05) is 26.2 Å². The highest BCUT2D eigenvalue weighted by molar-refractivity contribution is 5.75.